The summed E-state index contributed by atoms with van der Waals surface area (Å²) in [6, 6.07) is 9.87. The van der Waals surface area contributed by atoms with Gasteiger partial charge in [-0.3, -0.25) is 9.69 Å². The van der Waals surface area contributed by atoms with E-state index in [4.69, 9.17) is 19.4 Å². The molecule has 222 valence electrons. The van der Waals surface area contributed by atoms with Crippen LogP contribution in [0.2, 0.25) is 0 Å². The van der Waals surface area contributed by atoms with Crippen molar-refractivity contribution < 1.29 is 23.0 Å². The number of aromatic nitrogens is 2. The average Bonchev–Trinajstić information content (AvgIpc) is 3.26. The molecule has 3 atom stereocenters. The van der Waals surface area contributed by atoms with Crippen LogP contribution in [0, 0.1) is 11.3 Å². The third kappa shape index (κ3) is 5.28. The van der Waals surface area contributed by atoms with E-state index < -0.39 is 17.6 Å². The molecule has 1 aromatic carbocycles. The normalized spacial score (nSPS) is 26.6. The van der Waals surface area contributed by atoms with Crippen LogP contribution in [0.25, 0.3) is 0 Å². The first kappa shape index (κ1) is 28.3. The number of likely N-dealkylation sites (N-methyl/N-ethyl adjacent to an activating group) is 1. The van der Waals surface area contributed by atoms with Crippen molar-refractivity contribution in [3.8, 4) is 18.0 Å². The summed E-state index contributed by atoms with van der Waals surface area (Å²) in [5.41, 5.74) is 2.83. The Morgan fingerprint density at radius 3 is 2.83 bits per heavy atom. The second-order valence-electron chi connectivity index (χ2n) is 11.9. The van der Waals surface area contributed by atoms with Gasteiger partial charge in [0.2, 0.25) is 11.8 Å². The zero-order valence-corrected chi connectivity index (χ0v) is 23.9. The van der Waals surface area contributed by atoms with Crippen LogP contribution in [0.3, 0.4) is 0 Å². The molecule has 9 nitrogen and oxygen atoms in total. The zero-order valence-electron chi connectivity index (χ0n) is 23.9. The first-order chi connectivity index (χ1) is 20.2. The maximum atomic E-state index is 14.0. The molecule has 3 aliphatic heterocycles. The summed E-state index contributed by atoms with van der Waals surface area (Å²) in [4.78, 5) is 27.3. The number of alkyl halides is 2. The standard InChI is InChI=1S/C31H36F2N6O3/c1-3-26(40)39-16-15-38(18-22(39)11-14-34)27-24-10-13-30(12-6-8-21-7-4-5-9-25(21)30)42-28(24)36-29(35-27)41-19-23-17-31(32,33)20-37(23)2/h3-5,7,9,22-23H,1,6,8,10-13,15-20H2,2H3/t22-,23-,30-/m0/s1. The lowest BCUT2D eigenvalue weighted by Gasteiger charge is -2.44. The highest BCUT2D eigenvalue weighted by Crippen LogP contribution is 2.48. The van der Waals surface area contributed by atoms with Crippen molar-refractivity contribution in [2.75, 3.05) is 44.7 Å². The maximum Gasteiger partial charge on any atom is 0.321 e. The van der Waals surface area contributed by atoms with Gasteiger partial charge >= 0.3 is 6.01 Å². The number of benzene rings is 1. The van der Waals surface area contributed by atoms with Gasteiger partial charge < -0.3 is 19.3 Å². The molecule has 0 radical (unpaired) electrons. The third-order valence-electron chi connectivity index (χ3n) is 9.14. The Balaban J connectivity index is 1.34. The molecule has 4 heterocycles. The van der Waals surface area contributed by atoms with Gasteiger partial charge in [-0.1, -0.05) is 30.8 Å². The van der Waals surface area contributed by atoms with Crippen molar-refractivity contribution >= 4 is 11.7 Å². The predicted molar refractivity (Wildman–Crippen MR) is 152 cm³/mol. The Labute approximate surface area is 244 Å². The highest BCUT2D eigenvalue weighted by molar-refractivity contribution is 5.87. The molecule has 2 fully saturated rings. The van der Waals surface area contributed by atoms with E-state index in [0.29, 0.717) is 37.8 Å². The van der Waals surface area contributed by atoms with Crippen LogP contribution in [-0.4, -0.2) is 83.5 Å². The van der Waals surface area contributed by atoms with Crippen LogP contribution in [0.1, 0.15) is 48.8 Å². The zero-order chi connectivity index (χ0) is 29.5. The van der Waals surface area contributed by atoms with Crippen LogP contribution >= 0.6 is 0 Å². The fourth-order valence-corrected chi connectivity index (χ4v) is 7.02. The number of anilines is 1. The molecule has 1 spiro atoms. The quantitative estimate of drug-likeness (QED) is 0.477. The van der Waals surface area contributed by atoms with Crippen LogP contribution < -0.4 is 14.4 Å². The third-order valence-corrected chi connectivity index (χ3v) is 9.14. The van der Waals surface area contributed by atoms with Gasteiger partial charge in [0.05, 0.1) is 30.6 Å². The number of nitrogens with zero attached hydrogens (tertiary/aromatic N) is 6. The second kappa shape index (κ2) is 11.1. The van der Waals surface area contributed by atoms with E-state index in [9.17, 15) is 18.8 Å². The Hall–Kier alpha value is -3.78. The SMILES string of the molecule is C=CC(=O)N1CCN(c2nc(OC[C@@H]3CC(F)(F)CN3C)nc3c2CC[C@]2(CCCc4ccccc42)O3)C[C@@H]1CC#N. The fraction of sp³-hybridized carbons (Fsp3) is 0.548. The van der Waals surface area contributed by atoms with E-state index in [-0.39, 0.29) is 44.0 Å². The van der Waals surface area contributed by atoms with Gasteiger partial charge in [0.25, 0.3) is 5.92 Å². The van der Waals surface area contributed by atoms with Crippen molar-refractivity contribution in [1.82, 2.24) is 19.8 Å². The number of amides is 1. The number of fused-ring (bicyclic) bond motifs is 3. The Morgan fingerprint density at radius 2 is 2.07 bits per heavy atom. The lowest BCUT2D eigenvalue weighted by atomic mass is 9.75. The summed E-state index contributed by atoms with van der Waals surface area (Å²) in [5.74, 6) is -1.87. The van der Waals surface area contributed by atoms with Gasteiger partial charge in [-0.15, -0.1) is 0 Å². The molecule has 1 aromatic heterocycles. The monoisotopic (exact) mass is 578 g/mol. The molecular weight excluding hydrogens is 542 g/mol. The molecule has 2 saturated heterocycles. The lowest BCUT2D eigenvalue weighted by Crippen LogP contribution is -2.55. The average molecular weight is 579 g/mol. The first-order valence-electron chi connectivity index (χ1n) is 14.7. The molecule has 0 bridgehead atoms. The van der Waals surface area contributed by atoms with Gasteiger partial charge in [-0.25, -0.2) is 8.78 Å². The number of nitriles is 1. The Morgan fingerprint density at radius 1 is 1.24 bits per heavy atom. The van der Waals surface area contributed by atoms with Gasteiger partial charge in [-0.05, 0) is 56.4 Å². The van der Waals surface area contributed by atoms with Crippen molar-refractivity contribution in [3.63, 3.8) is 0 Å². The summed E-state index contributed by atoms with van der Waals surface area (Å²) < 4.78 is 40.9. The Kier molecular flexibility index (Phi) is 7.51. The molecule has 1 amide bonds. The number of rotatable bonds is 6. The van der Waals surface area contributed by atoms with Crippen LogP contribution in [0.4, 0.5) is 14.6 Å². The van der Waals surface area contributed by atoms with Crippen molar-refractivity contribution in [3.05, 3.63) is 53.6 Å². The minimum atomic E-state index is -2.76. The van der Waals surface area contributed by atoms with Crippen LogP contribution in [0.5, 0.6) is 11.9 Å². The molecule has 4 aliphatic rings. The molecular formula is C31H36F2N6O3. The summed E-state index contributed by atoms with van der Waals surface area (Å²) in [6.45, 7) is 4.63. The smallest absolute Gasteiger partial charge is 0.321 e. The fourth-order valence-electron chi connectivity index (χ4n) is 7.02. The summed E-state index contributed by atoms with van der Waals surface area (Å²) in [7, 11) is 1.67. The van der Waals surface area contributed by atoms with Crippen molar-refractivity contribution in [1.29, 1.82) is 5.26 Å². The highest BCUT2D eigenvalue weighted by Gasteiger charge is 2.45. The van der Waals surface area contributed by atoms with Gasteiger partial charge in [0.15, 0.2) is 0 Å². The van der Waals surface area contributed by atoms with E-state index in [1.54, 1.807) is 16.8 Å². The molecule has 1 aliphatic carbocycles. The van der Waals surface area contributed by atoms with Crippen molar-refractivity contribution in [2.24, 2.45) is 0 Å². The molecule has 6 rings (SSSR count). The number of hydrogen-bond donors (Lipinski definition) is 0. The number of ether oxygens (including phenoxy) is 2. The largest absolute Gasteiger partial charge is 0.466 e. The van der Waals surface area contributed by atoms with Crippen molar-refractivity contribution in [2.45, 2.75) is 68.6 Å². The minimum Gasteiger partial charge on any atom is -0.466 e. The number of hydrogen-bond acceptors (Lipinski definition) is 8. The highest BCUT2D eigenvalue weighted by atomic mass is 19.3. The van der Waals surface area contributed by atoms with E-state index >= 15 is 0 Å². The van der Waals surface area contributed by atoms with E-state index in [1.165, 1.54) is 17.2 Å². The second-order valence-corrected chi connectivity index (χ2v) is 11.9. The number of likely N-dealkylation sites (tertiary alicyclic amines) is 1. The van der Waals surface area contributed by atoms with Gasteiger partial charge in [0.1, 0.15) is 18.0 Å². The number of carbonyl (C=O) groups excluding carboxylic acids is 1. The molecule has 42 heavy (non-hydrogen) atoms. The lowest BCUT2D eigenvalue weighted by molar-refractivity contribution is -0.128. The summed E-state index contributed by atoms with van der Waals surface area (Å²) in [5, 5.41) is 9.48. The van der Waals surface area contributed by atoms with E-state index in [1.807, 2.05) is 6.07 Å². The Bertz CT molecular complexity index is 1410. The summed E-state index contributed by atoms with van der Waals surface area (Å²) in [6.07, 6.45) is 5.50. The molecule has 0 N–H and O–H groups in total. The topological polar surface area (TPSA) is 94.8 Å². The minimum absolute atomic E-state index is 0.0248. The van der Waals surface area contributed by atoms with Crippen LogP contribution in [0.15, 0.2) is 36.9 Å². The van der Waals surface area contributed by atoms with Crippen LogP contribution in [-0.2, 0) is 23.2 Å². The predicted octanol–water partition coefficient (Wildman–Crippen LogP) is 3.87. The molecule has 0 unspecified atom stereocenters. The molecule has 11 heteroatoms. The summed E-state index contributed by atoms with van der Waals surface area (Å²) >= 11 is 0. The number of aryl methyl sites for hydroxylation is 1. The number of halogens is 2. The number of carbonyl (C=O) groups is 1. The van der Waals surface area contributed by atoms with E-state index in [2.05, 4.69) is 35.7 Å². The first-order valence-corrected chi connectivity index (χ1v) is 14.7. The molecule has 2 aromatic rings. The van der Waals surface area contributed by atoms with E-state index in [0.717, 1.165) is 31.2 Å². The molecule has 0 saturated carbocycles. The maximum absolute atomic E-state index is 14.0. The van der Waals surface area contributed by atoms with Gasteiger partial charge in [0, 0.05) is 32.1 Å². The van der Waals surface area contributed by atoms with Gasteiger partial charge in [-0.2, -0.15) is 15.2 Å². The number of piperazine rings is 1.